The fourth-order valence-electron chi connectivity index (χ4n) is 5.10. The molecule has 1 aromatic heterocycles. The molecule has 2 atom stereocenters. The van der Waals surface area contributed by atoms with Gasteiger partial charge in [-0.2, -0.15) is 0 Å². The van der Waals surface area contributed by atoms with Crippen molar-refractivity contribution in [1.82, 2.24) is 4.98 Å². The van der Waals surface area contributed by atoms with E-state index < -0.39 is 21.1 Å². The Hall–Kier alpha value is -0.781. The topological polar surface area (TPSA) is 48.4 Å². The molecule has 0 aromatic carbocycles. The number of unbranched alkanes of at least 4 members (excludes halogenated alkanes) is 3. The molecule has 0 spiro atoms. The van der Waals surface area contributed by atoms with E-state index in [1.165, 1.54) is 61.5 Å². The Bertz CT molecular complexity index is 714. The predicted molar refractivity (Wildman–Crippen MR) is 143 cm³/mol. The molecule has 0 aliphatic heterocycles. The molecule has 5 heteroatoms. The van der Waals surface area contributed by atoms with Gasteiger partial charge in [0.25, 0.3) is 0 Å². The van der Waals surface area contributed by atoms with Crippen LogP contribution in [0.15, 0.2) is 12.1 Å². The first kappa shape index (κ1) is 29.4. The van der Waals surface area contributed by atoms with Gasteiger partial charge in [0.05, 0.1) is 0 Å². The molecule has 1 saturated carbocycles. The van der Waals surface area contributed by atoms with E-state index in [9.17, 15) is 4.79 Å². The maximum atomic E-state index is 12.4. The van der Waals surface area contributed by atoms with E-state index in [1.54, 1.807) is 0 Å². The number of rotatable bonds is 15. The molecule has 34 heavy (non-hydrogen) atoms. The average molecular weight is 578 g/mol. The number of carbonyl (C=O) groups excluding carboxylic acids is 1. The minimum atomic E-state index is -0.841. The summed E-state index contributed by atoms with van der Waals surface area (Å²) in [5, 5.41) is 0. The van der Waals surface area contributed by atoms with Crippen LogP contribution < -0.4 is 8.45 Å². The molecule has 2 radical (unpaired) electrons. The van der Waals surface area contributed by atoms with Crippen LogP contribution in [-0.4, -0.2) is 44.3 Å². The van der Waals surface area contributed by atoms with Gasteiger partial charge in [0.15, 0.2) is 0 Å². The summed E-state index contributed by atoms with van der Waals surface area (Å²) in [6, 6.07) is 4.43. The van der Waals surface area contributed by atoms with Crippen molar-refractivity contribution in [3.05, 3.63) is 17.8 Å². The second-order valence-electron chi connectivity index (χ2n) is 10.6. The van der Waals surface area contributed by atoms with Crippen LogP contribution in [0.2, 0.25) is 3.43 Å². The molecule has 1 aromatic rings. The zero-order valence-corrected chi connectivity index (χ0v) is 25.6. The Labute approximate surface area is 219 Å². The van der Waals surface area contributed by atoms with Gasteiger partial charge in [0.1, 0.15) is 0 Å². The standard InChI is InChI=1S/C16H22NO3.C13H27.Sn/c1-11(2)19-16(18)13-6-4-7-14(10-13)20-15-8-5-9-17-12(15)3;1-4-7-10-13(11-8-5-2)12-9-6-3;/h5,8,11,13-14H,4,6-7,10H2,1-3H3;4-12H2,1-3H3;/t13-,14-;;/m0../s1. The van der Waals surface area contributed by atoms with Crippen molar-refractivity contribution in [2.45, 2.75) is 141 Å². The zero-order valence-electron chi connectivity index (χ0n) is 22.8. The van der Waals surface area contributed by atoms with Crippen molar-refractivity contribution in [3.8, 4) is 5.75 Å². The molecule has 0 N–H and O–H groups in total. The van der Waals surface area contributed by atoms with Crippen LogP contribution in [0.4, 0.5) is 0 Å². The van der Waals surface area contributed by atoms with Crippen LogP contribution in [0.1, 0.15) is 124 Å². The van der Waals surface area contributed by atoms with Crippen LogP contribution in [0, 0.1) is 12.8 Å². The number of nitrogens with zero attached hydrogens (tertiary/aromatic N) is 1. The molecule has 0 amide bonds. The van der Waals surface area contributed by atoms with E-state index in [-0.39, 0.29) is 24.1 Å². The summed E-state index contributed by atoms with van der Waals surface area (Å²) in [6.07, 6.45) is 15.7. The summed E-state index contributed by atoms with van der Waals surface area (Å²) in [5.74, 6) is 0.787. The summed E-state index contributed by atoms with van der Waals surface area (Å²) in [7, 11) is 0. The van der Waals surface area contributed by atoms with Crippen molar-refractivity contribution in [2.75, 3.05) is 0 Å². The molecule has 1 aliphatic carbocycles. The summed E-state index contributed by atoms with van der Waals surface area (Å²) >= 11 is -0.841. The summed E-state index contributed by atoms with van der Waals surface area (Å²) < 4.78 is 13.8. The number of pyridine rings is 1. The summed E-state index contributed by atoms with van der Waals surface area (Å²) in [4.78, 5) is 17.5. The Morgan fingerprint density at radius 2 is 1.68 bits per heavy atom. The first-order chi connectivity index (χ1) is 16.3. The third-order valence-electron chi connectivity index (χ3n) is 7.06. The van der Waals surface area contributed by atoms with Gasteiger partial charge in [-0.05, 0) is 0 Å². The summed E-state index contributed by atoms with van der Waals surface area (Å²) in [6.45, 7) is 12.9. The second-order valence-corrected chi connectivity index (χ2v) is 15.8. The van der Waals surface area contributed by atoms with Gasteiger partial charge >= 0.3 is 220 Å². The Morgan fingerprint density at radius 3 is 2.21 bits per heavy atom. The first-order valence-electron chi connectivity index (χ1n) is 14.0. The van der Waals surface area contributed by atoms with E-state index in [0.29, 0.717) is 3.43 Å². The number of aryl methyl sites for hydroxylation is 1. The minimum absolute atomic E-state index is 0.0425. The Kier molecular flexibility index (Phi) is 13.3. The fourth-order valence-corrected chi connectivity index (χ4v) is 10.3. The summed E-state index contributed by atoms with van der Waals surface area (Å²) in [5.41, 5.74) is 1.01. The van der Waals surface area contributed by atoms with Crippen molar-refractivity contribution < 1.29 is 14.3 Å². The molecule has 4 nitrogen and oxygen atoms in total. The Morgan fingerprint density at radius 1 is 1.06 bits per heavy atom. The van der Waals surface area contributed by atoms with Gasteiger partial charge < -0.3 is 0 Å². The van der Waals surface area contributed by atoms with Gasteiger partial charge in [-0.1, -0.05) is 0 Å². The van der Waals surface area contributed by atoms with Crippen molar-refractivity contribution in [2.24, 2.45) is 5.92 Å². The van der Waals surface area contributed by atoms with Crippen LogP contribution in [0.3, 0.4) is 0 Å². The van der Waals surface area contributed by atoms with Gasteiger partial charge in [-0.3, -0.25) is 0 Å². The molecule has 1 heterocycles. The van der Waals surface area contributed by atoms with Crippen molar-refractivity contribution in [3.63, 3.8) is 0 Å². The molecule has 0 unspecified atom stereocenters. The van der Waals surface area contributed by atoms with Crippen LogP contribution in [0.25, 0.3) is 0 Å². The third kappa shape index (κ3) is 9.70. The van der Waals surface area contributed by atoms with E-state index in [4.69, 9.17) is 14.5 Å². The molecule has 2 rings (SSSR count). The normalized spacial score (nSPS) is 18.8. The van der Waals surface area contributed by atoms with Crippen LogP contribution >= 0.6 is 0 Å². The SMILES string of the molecule is CCCC[C](CCCC)(CCCC)[Sn][c]1ccc(O[C@H]2CCC[C@H](C(=O)OC(C)C)C2)c(C)n1. The van der Waals surface area contributed by atoms with Crippen molar-refractivity contribution in [1.29, 1.82) is 0 Å². The molecule has 1 aliphatic rings. The molecule has 0 saturated heterocycles. The zero-order chi connectivity index (χ0) is 25.0. The monoisotopic (exact) mass is 579 g/mol. The number of hydrogen-bond acceptors (Lipinski definition) is 4. The predicted octanol–water partition coefficient (Wildman–Crippen LogP) is 7.34. The second kappa shape index (κ2) is 15.4. The van der Waals surface area contributed by atoms with Gasteiger partial charge in [-0.25, -0.2) is 0 Å². The maximum absolute atomic E-state index is 12.4. The van der Waals surface area contributed by atoms with E-state index >= 15 is 0 Å². The van der Waals surface area contributed by atoms with E-state index in [2.05, 4.69) is 39.8 Å². The van der Waals surface area contributed by atoms with Gasteiger partial charge in [-0.15, -0.1) is 0 Å². The van der Waals surface area contributed by atoms with Crippen LogP contribution in [0.5, 0.6) is 5.75 Å². The molecular formula is C29H49NO3Sn. The number of ether oxygens (including phenoxy) is 2. The Balaban J connectivity index is 2.09. The van der Waals surface area contributed by atoms with E-state index in [1.807, 2.05) is 13.8 Å². The molecular weight excluding hydrogens is 529 g/mol. The number of hydrogen-bond donors (Lipinski definition) is 0. The average Bonchev–Trinajstić information content (AvgIpc) is 2.81. The number of esters is 1. The third-order valence-corrected chi connectivity index (χ3v) is 12.2. The van der Waals surface area contributed by atoms with Crippen molar-refractivity contribution >= 4 is 30.8 Å². The first-order valence-corrected chi connectivity index (χ1v) is 16.8. The van der Waals surface area contributed by atoms with Gasteiger partial charge in [0, 0.05) is 0 Å². The number of carbonyl (C=O) groups is 1. The van der Waals surface area contributed by atoms with Gasteiger partial charge in [0.2, 0.25) is 0 Å². The molecule has 192 valence electrons. The molecule has 0 bridgehead atoms. The van der Waals surface area contributed by atoms with E-state index in [0.717, 1.165) is 37.1 Å². The number of aromatic nitrogens is 1. The quantitative estimate of drug-likeness (QED) is 0.162. The fraction of sp³-hybridized carbons (Fsp3) is 0.793. The molecule has 1 fully saturated rings. The van der Waals surface area contributed by atoms with Crippen LogP contribution in [-0.2, 0) is 9.53 Å².